The van der Waals surface area contributed by atoms with Gasteiger partial charge in [0.2, 0.25) is 11.8 Å². The molecule has 2 heterocycles. The molecule has 1 unspecified atom stereocenters. The highest BCUT2D eigenvalue weighted by Gasteiger charge is 2.24. The van der Waals surface area contributed by atoms with Crippen molar-refractivity contribution in [2.45, 2.75) is 25.8 Å². The normalized spacial score (nSPS) is 16.6. The summed E-state index contributed by atoms with van der Waals surface area (Å²) in [6.07, 6.45) is 3.19. The van der Waals surface area contributed by atoms with E-state index in [9.17, 15) is 14.4 Å². The molecule has 3 rings (SSSR count). The predicted molar refractivity (Wildman–Crippen MR) is 101 cm³/mol. The molecule has 3 amide bonds. The number of piperidine rings is 1. The van der Waals surface area contributed by atoms with Gasteiger partial charge in [0.05, 0.1) is 11.3 Å². The summed E-state index contributed by atoms with van der Waals surface area (Å²) in [6, 6.07) is 10.5. The van der Waals surface area contributed by atoms with E-state index >= 15 is 0 Å². The van der Waals surface area contributed by atoms with Crippen molar-refractivity contribution in [2.75, 3.05) is 13.1 Å². The predicted octanol–water partition coefficient (Wildman–Crippen LogP) is 1.59. The Balaban J connectivity index is 1.70. The number of benzene rings is 1. The van der Waals surface area contributed by atoms with Crippen LogP contribution in [0.25, 0.3) is 11.3 Å². The molecule has 0 bridgehead atoms. The molecule has 7 nitrogen and oxygen atoms in total. The lowest BCUT2D eigenvalue weighted by Gasteiger charge is -2.33. The van der Waals surface area contributed by atoms with E-state index < -0.39 is 5.91 Å². The Morgan fingerprint density at radius 3 is 2.41 bits per heavy atom. The van der Waals surface area contributed by atoms with E-state index in [0.29, 0.717) is 29.9 Å². The monoisotopic (exact) mass is 366 g/mol. The lowest BCUT2D eigenvalue weighted by atomic mass is 10.0. The molecule has 1 aliphatic heterocycles. The first-order valence-corrected chi connectivity index (χ1v) is 8.86. The third-order valence-electron chi connectivity index (χ3n) is 4.59. The number of rotatable bonds is 4. The van der Waals surface area contributed by atoms with E-state index in [1.165, 1.54) is 13.1 Å². The van der Waals surface area contributed by atoms with Crippen molar-refractivity contribution in [3.8, 4) is 11.3 Å². The maximum absolute atomic E-state index is 12.7. The molecule has 0 spiro atoms. The molecule has 0 saturated carbocycles. The van der Waals surface area contributed by atoms with Crippen molar-refractivity contribution in [2.24, 2.45) is 5.73 Å². The first-order chi connectivity index (χ1) is 12.9. The van der Waals surface area contributed by atoms with E-state index in [0.717, 1.165) is 18.4 Å². The van der Waals surface area contributed by atoms with Crippen LogP contribution in [0.3, 0.4) is 0 Å². The Labute approximate surface area is 157 Å². The van der Waals surface area contributed by atoms with Gasteiger partial charge in [-0.3, -0.25) is 19.4 Å². The van der Waals surface area contributed by atoms with Crippen molar-refractivity contribution < 1.29 is 14.4 Å². The lowest BCUT2D eigenvalue weighted by molar-refractivity contribution is -0.120. The average Bonchev–Trinajstić information content (AvgIpc) is 2.67. The summed E-state index contributed by atoms with van der Waals surface area (Å²) in [4.78, 5) is 41.1. The van der Waals surface area contributed by atoms with Gasteiger partial charge in [-0.25, -0.2) is 0 Å². The van der Waals surface area contributed by atoms with Crippen molar-refractivity contribution >= 4 is 17.7 Å². The van der Waals surface area contributed by atoms with Gasteiger partial charge in [0.25, 0.3) is 5.91 Å². The minimum Gasteiger partial charge on any atom is -0.366 e. The number of likely N-dealkylation sites (tertiary alicyclic amines) is 1. The average molecular weight is 366 g/mol. The number of primary amides is 1. The summed E-state index contributed by atoms with van der Waals surface area (Å²) in [7, 11) is 0. The van der Waals surface area contributed by atoms with Crippen LogP contribution < -0.4 is 11.1 Å². The minimum absolute atomic E-state index is 0.00689. The van der Waals surface area contributed by atoms with Crippen LogP contribution in [0.2, 0.25) is 0 Å². The first kappa shape index (κ1) is 18.6. The maximum Gasteiger partial charge on any atom is 0.253 e. The zero-order chi connectivity index (χ0) is 19.4. The van der Waals surface area contributed by atoms with Gasteiger partial charge >= 0.3 is 0 Å². The number of nitrogens with one attached hydrogen (secondary N) is 1. The van der Waals surface area contributed by atoms with E-state index in [-0.39, 0.29) is 17.9 Å². The standard InChI is InChI=1S/C20H22N4O3/c1-13(25)23-17-3-2-10-24(12-17)20(27)15-6-4-14(5-7-15)18-9-8-16(11-22-18)19(21)26/h4-9,11,17H,2-3,10,12H2,1H3,(H2,21,26)(H,23,25). The molecule has 0 radical (unpaired) electrons. The summed E-state index contributed by atoms with van der Waals surface area (Å²) in [5.41, 5.74) is 7.71. The molecule has 2 aromatic rings. The second-order valence-corrected chi connectivity index (χ2v) is 6.66. The summed E-state index contributed by atoms with van der Waals surface area (Å²) in [5.74, 6) is -0.642. The zero-order valence-electron chi connectivity index (χ0n) is 15.1. The maximum atomic E-state index is 12.7. The Morgan fingerprint density at radius 2 is 1.81 bits per heavy atom. The molecular formula is C20H22N4O3. The summed E-state index contributed by atoms with van der Waals surface area (Å²) in [6.45, 7) is 2.70. The molecule has 7 heteroatoms. The third-order valence-corrected chi connectivity index (χ3v) is 4.59. The number of aromatic nitrogens is 1. The number of carbonyl (C=O) groups excluding carboxylic acids is 3. The molecule has 140 valence electrons. The number of nitrogens with two attached hydrogens (primary N) is 1. The summed E-state index contributed by atoms with van der Waals surface area (Å²) >= 11 is 0. The zero-order valence-corrected chi connectivity index (χ0v) is 15.1. The van der Waals surface area contributed by atoms with Crippen molar-refractivity contribution in [3.63, 3.8) is 0 Å². The van der Waals surface area contributed by atoms with Gasteiger partial charge in [-0.05, 0) is 37.1 Å². The molecule has 0 aliphatic carbocycles. The van der Waals surface area contributed by atoms with Gasteiger partial charge in [-0.2, -0.15) is 0 Å². The summed E-state index contributed by atoms with van der Waals surface area (Å²) in [5, 5.41) is 2.89. The van der Waals surface area contributed by atoms with Gasteiger partial charge in [0.15, 0.2) is 0 Å². The molecule has 1 saturated heterocycles. The van der Waals surface area contributed by atoms with Crippen LogP contribution in [0.15, 0.2) is 42.6 Å². The van der Waals surface area contributed by atoms with Crippen molar-refractivity contribution in [3.05, 3.63) is 53.7 Å². The van der Waals surface area contributed by atoms with Crippen LogP contribution in [0.5, 0.6) is 0 Å². The van der Waals surface area contributed by atoms with Crippen LogP contribution in [-0.2, 0) is 4.79 Å². The van der Waals surface area contributed by atoms with E-state index in [2.05, 4.69) is 10.3 Å². The molecule has 1 aromatic heterocycles. The van der Waals surface area contributed by atoms with Gasteiger partial charge < -0.3 is 16.0 Å². The second kappa shape index (κ2) is 7.99. The fourth-order valence-corrected chi connectivity index (χ4v) is 3.24. The lowest BCUT2D eigenvalue weighted by Crippen LogP contribution is -2.49. The fraction of sp³-hybridized carbons (Fsp3) is 0.300. The highest BCUT2D eigenvalue weighted by molar-refractivity contribution is 5.95. The molecule has 27 heavy (non-hydrogen) atoms. The number of nitrogens with zero attached hydrogens (tertiary/aromatic N) is 2. The number of hydrogen-bond donors (Lipinski definition) is 2. The first-order valence-electron chi connectivity index (χ1n) is 8.86. The van der Waals surface area contributed by atoms with Gasteiger partial charge in [0.1, 0.15) is 0 Å². The Hall–Kier alpha value is -3.22. The number of hydrogen-bond acceptors (Lipinski definition) is 4. The SMILES string of the molecule is CC(=O)NC1CCCN(C(=O)c2ccc(-c3ccc(C(N)=O)cn3)cc2)C1. The quantitative estimate of drug-likeness (QED) is 0.857. The number of amides is 3. The third kappa shape index (κ3) is 4.49. The van der Waals surface area contributed by atoms with Crippen molar-refractivity contribution in [1.29, 1.82) is 0 Å². The molecule has 1 aliphatic rings. The van der Waals surface area contributed by atoms with Gasteiger partial charge in [-0.15, -0.1) is 0 Å². The smallest absolute Gasteiger partial charge is 0.253 e. The Kier molecular flexibility index (Phi) is 5.49. The molecular weight excluding hydrogens is 344 g/mol. The van der Waals surface area contributed by atoms with Crippen LogP contribution in [0, 0.1) is 0 Å². The van der Waals surface area contributed by atoms with Crippen LogP contribution in [-0.4, -0.2) is 46.7 Å². The minimum atomic E-state index is -0.519. The van der Waals surface area contributed by atoms with Gasteiger partial charge in [0, 0.05) is 43.4 Å². The number of carbonyl (C=O) groups is 3. The Morgan fingerprint density at radius 1 is 1.11 bits per heavy atom. The van der Waals surface area contributed by atoms with Crippen molar-refractivity contribution in [1.82, 2.24) is 15.2 Å². The van der Waals surface area contributed by atoms with E-state index in [4.69, 9.17) is 5.73 Å². The second-order valence-electron chi connectivity index (χ2n) is 6.66. The van der Waals surface area contributed by atoms with Crippen LogP contribution in [0.1, 0.15) is 40.5 Å². The largest absolute Gasteiger partial charge is 0.366 e. The topological polar surface area (TPSA) is 105 Å². The Bertz CT molecular complexity index is 847. The molecule has 1 aromatic carbocycles. The molecule has 1 fully saturated rings. The van der Waals surface area contributed by atoms with Crippen LogP contribution in [0.4, 0.5) is 0 Å². The van der Waals surface area contributed by atoms with E-state index in [1.807, 2.05) is 12.1 Å². The summed E-state index contributed by atoms with van der Waals surface area (Å²) < 4.78 is 0. The van der Waals surface area contributed by atoms with E-state index in [1.54, 1.807) is 29.2 Å². The highest BCUT2D eigenvalue weighted by Crippen LogP contribution is 2.20. The van der Waals surface area contributed by atoms with Crippen LogP contribution >= 0.6 is 0 Å². The molecule has 1 atom stereocenters. The highest BCUT2D eigenvalue weighted by atomic mass is 16.2. The van der Waals surface area contributed by atoms with Gasteiger partial charge in [-0.1, -0.05) is 12.1 Å². The number of pyridine rings is 1. The fourth-order valence-electron chi connectivity index (χ4n) is 3.24. The molecule has 3 N–H and O–H groups in total.